The molecule has 0 unspecified atom stereocenters. The number of nitrogens with one attached hydrogen (secondary N) is 2. The second kappa shape index (κ2) is 6.82. The van der Waals surface area contributed by atoms with Crippen LogP contribution in [0.25, 0.3) is 0 Å². The van der Waals surface area contributed by atoms with Crippen molar-refractivity contribution in [1.29, 1.82) is 0 Å². The molecular formula is C13H19N3O6S. The van der Waals surface area contributed by atoms with Gasteiger partial charge in [-0.15, -0.1) is 0 Å². The van der Waals surface area contributed by atoms with Gasteiger partial charge in [-0.25, -0.2) is 13.2 Å². The van der Waals surface area contributed by atoms with Gasteiger partial charge in [-0.05, 0) is 32.4 Å². The van der Waals surface area contributed by atoms with E-state index < -0.39 is 32.3 Å². The molecule has 1 rings (SSSR count). The summed E-state index contributed by atoms with van der Waals surface area (Å²) in [6.07, 6.45) is 0.243. The molecule has 0 saturated carbocycles. The number of carbonyl (C=O) groups is 1. The van der Waals surface area contributed by atoms with Gasteiger partial charge in [0, 0.05) is 12.6 Å². The highest BCUT2D eigenvalue weighted by molar-refractivity contribution is 7.92. The molecule has 0 aliphatic heterocycles. The van der Waals surface area contributed by atoms with Crippen LogP contribution >= 0.6 is 0 Å². The Kier molecular flexibility index (Phi) is 5.54. The van der Waals surface area contributed by atoms with Crippen molar-refractivity contribution in [3.05, 3.63) is 33.9 Å². The molecule has 0 bridgehead atoms. The average molecular weight is 345 g/mol. The molecule has 128 valence electrons. The lowest BCUT2D eigenvalue weighted by molar-refractivity contribution is -0.384. The second-order valence-corrected chi connectivity index (χ2v) is 7.59. The standard InChI is InChI=1S/C13H19N3O6S/c1-13(2,3)22-12(17)14-8-9-5-6-10(15-23(4,20)21)11(7-9)16(18)19/h5-7,15H,8H2,1-4H3,(H,14,17). The maximum atomic E-state index is 11.5. The molecule has 0 spiro atoms. The number of hydrogen-bond acceptors (Lipinski definition) is 6. The number of nitrogens with zero attached hydrogens (tertiary/aromatic N) is 1. The fourth-order valence-corrected chi connectivity index (χ4v) is 2.18. The zero-order valence-electron chi connectivity index (χ0n) is 13.2. The van der Waals surface area contributed by atoms with Gasteiger partial charge in [-0.1, -0.05) is 6.07 Å². The van der Waals surface area contributed by atoms with Crippen LogP contribution in [0, 0.1) is 10.1 Å². The van der Waals surface area contributed by atoms with Gasteiger partial charge in [0.2, 0.25) is 10.0 Å². The van der Waals surface area contributed by atoms with Gasteiger partial charge in [0.05, 0.1) is 11.2 Å². The first kappa shape index (κ1) is 18.7. The summed E-state index contributed by atoms with van der Waals surface area (Å²) in [5, 5.41) is 13.5. The van der Waals surface area contributed by atoms with E-state index in [-0.39, 0.29) is 12.2 Å². The van der Waals surface area contributed by atoms with Crippen molar-refractivity contribution in [2.75, 3.05) is 11.0 Å². The van der Waals surface area contributed by atoms with Gasteiger partial charge in [0.15, 0.2) is 0 Å². The summed E-state index contributed by atoms with van der Waals surface area (Å²) in [5.74, 6) is 0. The summed E-state index contributed by atoms with van der Waals surface area (Å²) in [6.45, 7) is 5.14. The first-order valence-corrected chi connectivity index (χ1v) is 8.48. The van der Waals surface area contributed by atoms with Gasteiger partial charge in [0.1, 0.15) is 11.3 Å². The van der Waals surface area contributed by atoms with E-state index in [2.05, 4.69) is 10.0 Å². The lowest BCUT2D eigenvalue weighted by Gasteiger charge is -2.19. The third kappa shape index (κ3) is 6.96. The summed E-state index contributed by atoms with van der Waals surface area (Å²) >= 11 is 0. The van der Waals surface area contributed by atoms with Gasteiger partial charge < -0.3 is 10.1 Å². The van der Waals surface area contributed by atoms with Crippen molar-refractivity contribution in [1.82, 2.24) is 5.32 Å². The van der Waals surface area contributed by atoms with E-state index in [0.717, 1.165) is 6.26 Å². The molecule has 0 saturated heterocycles. The highest BCUT2D eigenvalue weighted by Crippen LogP contribution is 2.26. The lowest BCUT2D eigenvalue weighted by atomic mass is 10.1. The first-order chi connectivity index (χ1) is 10.4. The monoisotopic (exact) mass is 345 g/mol. The van der Waals surface area contributed by atoms with E-state index in [9.17, 15) is 23.3 Å². The minimum atomic E-state index is -3.64. The predicted octanol–water partition coefficient (Wildman–Crippen LogP) is 1.99. The minimum absolute atomic E-state index is 0.00884. The summed E-state index contributed by atoms with van der Waals surface area (Å²) in [6, 6.07) is 3.92. The molecule has 1 amide bonds. The molecule has 1 aromatic rings. The molecule has 0 aliphatic carbocycles. The van der Waals surface area contributed by atoms with E-state index >= 15 is 0 Å². The number of nitro benzene ring substituents is 1. The highest BCUT2D eigenvalue weighted by Gasteiger charge is 2.19. The number of amides is 1. The maximum Gasteiger partial charge on any atom is 0.407 e. The Bertz CT molecular complexity index is 709. The Labute approximate surface area is 134 Å². The third-order valence-electron chi connectivity index (χ3n) is 2.39. The van der Waals surface area contributed by atoms with Crippen molar-refractivity contribution in [2.45, 2.75) is 32.9 Å². The lowest BCUT2D eigenvalue weighted by Crippen LogP contribution is -2.32. The van der Waals surface area contributed by atoms with Crippen molar-refractivity contribution >= 4 is 27.5 Å². The largest absolute Gasteiger partial charge is 0.444 e. The van der Waals surface area contributed by atoms with Crippen LogP contribution in [0.3, 0.4) is 0 Å². The Morgan fingerprint density at radius 2 is 1.96 bits per heavy atom. The summed E-state index contributed by atoms with van der Waals surface area (Å²) in [7, 11) is -3.64. The molecule has 0 aromatic heterocycles. The fraction of sp³-hybridized carbons (Fsp3) is 0.462. The third-order valence-corrected chi connectivity index (χ3v) is 2.98. The molecule has 0 heterocycles. The number of alkyl carbamates (subject to hydrolysis) is 1. The Balaban J connectivity index is 2.88. The van der Waals surface area contributed by atoms with E-state index in [1.54, 1.807) is 20.8 Å². The fourth-order valence-electron chi connectivity index (χ4n) is 1.61. The Morgan fingerprint density at radius 3 is 2.43 bits per heavy atom. The maximum absolute atomic E-state index is 11.5. The molecule has 0 atom stereocenters. The van der Waals surface area contributed by atoms with E-state index in [4.69, 9.17) is 4.74 Å². The molecule has 9 nitrogen and oxygen atoms in total. The normalized spacial score (nSPS) is 11.7. The Hall–Kier alpha value is -2.36. The molecular weight excluding hydrogens is 326 g/mol. The zero-order valence-corrected chi connectivity index (χ0v) is 14.1. The number of hydrogen-bond donors (Lipinski definition) is 2. The van der Waals surface area contributed by atoms with Crippen LogP contribution in [-0.2, 0) is 21.3 Å². The van der Waals surface area contributed by atoms with E-state index in [0.29, 0.717) is 5.56 Å². The summed E-state index contributed by atoms with van der Waals surface area (Å²) in [5.41, 5.74) is -0.765. The van der Waals surface area contributed by atoms with Crippen LogP contribution in [-0.4, -0.2) is 31.3 Å². The van der Waals surface area contributed by atoms with Crippen molar-refractivity contribution in [2.24, 2.45) is 0 Å². The van der Waals surface area contributed by atoms with Crippen LogP contribution in [0.5, 0.6) is 0 Å². The second-order valence-electron chi connectivity index (χ2n) is 5.84. The SMILES string of the molecule is CC(C)(C)OC(=O)NCc1ccc(NS(C)(=O)=O)c([N+](=O)[O-])c1. The van der Waals surface area contributed by atoms with Gasteiger partial charge in [-0.2, -0.15) is 0 Å². The molecule has 1 aromatic carbocycles. The minimum Gasteiger partial charge on any atom is -0.444 e. The predicted molar refractivity (Wildman–Crippen MR) is 84.6 cm³/mol. The van der Waals surface area contributed by atoms with Crippen LogP contribution in [0.15, 0.2) is 18.2 Å². The summed E-state index contributed by atoms with van der Waals surface area (Å²) < 4.78 is 29.5. The molecule has 23 heavy (non-hydrogen) atoms. The number of carbonyl (C=O) groups excluding carboxylic acids is 1. The van der Waals surface area contributed by atoms with E-state index in [1.807, 2.05) is 0 Å². The molecule has 0 radical (unpaired) electrons. The quantitative estimate of drug-likeness (QED) is 0.620. The number of rotatable bonds is 5. The number of benzene rings is 1. The van der Waals surface area contributed by atoms with Crippen LogP contribution in [0.4, 0.5) is 16.2 Å². The van der Waals surface area contributed by atoms with Crippen LogP contribution in [0.2, 0.25) is 0 Å². The molecule has 0 fully saturated rings. The summed E-state index contributed by atoms with van der Waals surface area (Å²) in [4.78, 5) is 21.9. The van der Waals surface area contributed by atoms with Crippen molar-refractivity contribution < 1.29 is 22.9 Å². The molecule has 0 aliphatic rings. The first-order valence-electron chi connectivity index (χ1n) is 6.59. The van der Waals surface area contributed by atoms with E-state index in [1.165, 1.54) is 18.2 Å². The number of ether oxygens (including phenoxy) is 1. The topological polar surface area (TPSA) is 128 Å². The van der Waals surface area contributed by atoms with Crippen LogP contribution in [0.1, 0.15) is 26.3 Å². The van der Waals surface area contributed by atoms with Crippen molar-refractivity contribution in [3.8, 4) is 0 Å². The van der Waals surface area contributed by atoms with Crippen molar-refractivity contribution in [3.63, 3.8) is 0 Å². The van der Waals surface area contributed by atoms with Gasteiger partial charge >= 0.3 is 6.09 Å². The Morgan fingerprint density at radius 1 is 1.35 bits per heavy atom. The number of sulfonamides is 1. The number of anilines is 1. The van der Waals surface area contributed by atoms with Gasteiger partial charge in [0.25, 0.3) is 5.69 Å². The smallest absolute Gasteiger partial charge is 0.407 e. The molecule has 10 heteroatoms. The molecule has 2 N–H and O–H groups in total. The number of nitro groups is 1. The highest BCUT2D eigenvalue weighted by atomic mass is 32.2. The van der Waals surface area contributed by atoms with Gasteiger partial charge in [-0.3, -0.25) is 14.8 Å². The van der Waals surface area contributed by atoms with Crippen LogP contribution < -0.4 is 10.0 Å². The average Bonchev–Trinajstić information content (AvgIpc) is 2.33. The zero-order chi connectivity index (χ0) is 17.8.